The van der Waals surface area contributed by atoms with Crippen molar-refractivity contribution in [2.24, 2.45) is 0 Å². The first kappa shape index (κ1) is 9.23. The molecule has 0 aliphatic rings. The lowest BCUT2D eigenvalue weighted by atomic mass is 10.0. The Morgan fingerprint density at radius 2 is 2.19 bits per heavy atom. The molecule has 0 saturated carbocycles. The predicted molar refractivity (Wildman–Crippen MR) is 68.4 cm³/mol. The number of esters is 1. The Morgan fingerprint density at radius 1 is 1.50 bits per heavy atom. The number of hydrogen-bond donors (Lipinski definition) is 0. The van der Waals surface area contributed by atoms with Gasteiger partial charge < -0.3 is 4.74 Å². The summed E-state index contributed by atoms with van der Waals surface area (Å²) in [6.07, 6.45) is 0. The van der Waals surface area contributed by atoms with E-state index in [9.17, 15) is 4.79 Å². The predicted octanol–water partition coefficient (Wildman–Crippen LogP) is 3.89. The summed E-state index contributed by atoms with van der Waals surface area (Å²) in [7, 11) is 0. The smallest absolute Gasteiger partial charge is 0.313 e. The fourth-order valence-electron chi connectivity index (χ4n) is 1.18. The molecule has 0 spiro atoms. The Labute approximate surface area is 109 Å². The third kappa shape index (κ3) is 3.97. The zero-order chi connectivity index (χ0) is 14.8. The van der Waals surface area contributed by atoms with Crippen molar-refractivity contribution >= 4 is 21.9 Å². The number of rotatable bonds is 2. The number of ether oxygens (including phenoxy) is 1. The molecule has 0 heterocycles. The summed E-state index contributed by atoms with van der Waals surface area (Å²) in [6.45, 7) is 2.69. The van der Waals surface area contributed by atoms with Gasteiger partial charge in [0.15, 0.2) is 0 Å². The normalized spacial score (nSPS) is 16.9. The molecule has 0 fully saturated rings. The van der Waals surface area contributed by atoms with E-state index < -0.39 is 24.3 Å². The van der Waals surface area contributed by atoms with Crippen molar-refractivity contribution in [2.45, 2.75) is 39.1 Å². The largest absolute Gasteiger partial charge is 0.460 e. The second-order valence-electron chi connectivity index (χ2n) is 4.52. The summed E-state index contributed by atoms with van der Waals surface area (Å²) >= 11 is 3.27. The van der Waals surface area contributed by atoms with Crippen LogP contribution in [0, 0.1) is 0 Å². The van der Waals surface area contributed by atoms with Gasteiger partial charge in [-0.1, -0.05) is 28.1 Å². The molecule has 3 heteroatoms. The molecule has 0 bridgehead atoms. The second kappa shape index (κ2) is 5.00. The number of hydrogen-bond acceptors (Lipinski definition) is 2. The van der Waals surface area contributed by atoms with E-state index in [-0.39, 0.29) is 0 Å². The molecule has 0 radical (unpaired) electrons. The van der Waals surface area contributed by atoms with Gasteiger partial charge in [0.1, 0.15) is 5.60 Å². The zero-order valence-corrected chi connectivity index (χ0v) is 11.2. The van der Waals surface area contributed by atoms with Crippen LogP contribution in [0.3, 0.4) is 0 Å². The lowest BCUT2D eigenvalue weighted by Crippen LogP contribution is -2.26. The molecule has 0 aliphatic carbocycles. The van der Waals surface area contributed by atoms with E-state index in [1.165, 1.54) is 0 Å². The molecule has 0 aliphatic heterocycles. The van der Waals surface area contributed by atoms with Crippen LogP contribution in [0.15, 0.2) is 28.7 Å². The van der Waals surface area contributed by atoms with Crippen LogP contribution >= 0.6 is 15.9 Å². The highest BCUT2D eigenvalue weighted by Crippen LogP contribution is 2.22. The molecule has 0 N–H and O–H groups in total. The number of halogens is 1. The maximum absolute atomic E-state index is 12.1. The Hall–Kier alpha value is -0.830. The minimum absolute atomic E-state index is 0.420. The van der Waals surface area contributed by atoms with Gasteiger partial charge in [0.2, 0.25) is 0 Å². The van der Waals surface area contributed by atoms with Crippen LogP contribution in [0.5, 0.6) is 0 Å². The van der Waals surface area contributed by atoms with Gasteiger partial charge >= 0.3 is 5.97 Å². The molecule has 1 unspecified atom stereocenters. The van der Waals surface area contributed by atoms with Gasteiger partial charge in [0, 0.05) is 8.58 Å². The third-order valence-electron chi connectivity index (χ3n) is 1.82. The highest BCUT2D eigenvalue weighted by atomic mass is 79.9. The highest BCUT2D eigenvalue weighted by Gasteiger charge is 2.22. The fraction of sp³-hybridized carbons (Fsp3) is 0.462. The van der Waals surface area contributed by atoms with E-state index in [0.29, 0.717) is 5.56 Å². The van der Waals surface area contributed by atoms with E-state index in [1.807, 2.05) is 0 Å². The molecule has 0 saturated heterocycles. The molecule has 0 aromatic heterocycles. The summed E-state index contributed by atoms with van der Waals surface area (Å²) in [5.74, 6) is -2.00. The van der Waals surface area contributed by atoms with Gasteiger partial charge in [0.05, 0.1) is 5.92 Å². The lowest BCUT2D eigenvalue weighted by Gasteiger charge is -2.22. The minimum atomic E-state index is -2.44. The topological polar surface area (TPSA) is 26.3 Å². The first-order valence-electron chi connectivity index (χ1n) is 6.49. The Balaban J connectivity index is 3.13. The number of carbonyl (C=O) groups is 1. The van der Waals surface area contributed by atoms with Gasteiger partial charge in [-0.25, -0.2) is 0 Å². The molecule has 0 amide bonds. The highest BCUT2D eigenvalue weighted by molar-refractivity contribution is 9.10. The van der Waals surface area contributed by atoms with Crippen LogP contribution in [0.25, 0.3) is 0 Å². The van der Waals surface area contributed by atoms with Crippen LogP contribution in [0.2, 0.25) is 0 Å². The van der Waals surface area contributed by atoms with Crippen molar-refractivity contribution in [3.63, 3.8) is 0 Å². The lowest BCUT2D eigenvalue weighted by molar-refractivity contribution is -0.156. The number of carbonyl (C=O) groups excluding carboxylic acids is 1. The third-order valence-corrected chi connectivity index (χ3v) is 2.32. The van der Waals surface area contributed by atoms with Crippen LogP contribution in [0.1, 0.15) is 43.2 Å². The number of benzene rings is 1. The van der Waals surface area contributed by atoms with E-state index in [1.54, 1.807) is 45.0 Å². The zero-order valence-electron chi connectivity index (χ0n) is 12.6. The van der Waals surface area contributed by atoms with Crippen molar-refractivity contribution in [3.8, 4) is 0 Å². The van der Waals surface area contributed by atoms with Crippen LogP contribution < -0.4 is 0 Å². The minimum Gasteiger partial charge on any atom is -0.460 e. The van der Waals surface area contributed by atoms with Gasteiger partial charge in [-0.2, -0.15) is 0 Å². The molecule has 88 valence electrons. The van der Waals surface area contributed by atoms with Crippen molar-refractivity contribution in [1.29, 1.82) is 0 Å². The van der Waals surface area contributed by atoms with Gasteiger partial charge in [0.25, 0.3) is 0 Å². The Morgan fingerprint density at radius 3 is 2.69 bits per heavy atom. The molecule has 16 heavy (non-hydrogen) atoms. The monoisotopic (exact) mass is 287 g/mol. The van der Waals surface area contributed by atoms with E-state index >= 15 is 0 Å². The SMILES string of the molecule is [2H]C([2H])([2H])C(C(=O)OC(C)(C)C)c1cccc(Br)c1. The van der Waals surface area contributed by atoms with Gasteiger partial charge in [-0.15, -0.1) is 0 Å². The average molecular weight is 288 g/mol. The molecule has 1 aromatic carbocycles. The molecule has 1 rings (SSSR count). The second-order valence-corrected chi connectivity index (χ2v) is 5.44. The van der Waals surface area contributed by atoms with Gasteiger partial charge in [-0.05, 0) is 45.3 Å². The van der Waals surface area contributed by atoms with Gasteiger partial charge in [-0.3, -0.25) is 4.79 Å². The molecule has 1 atom stereocenters. The average Bonchev–Trinajstić information content (AvgIpc) is 2.11. The summed E-state index contributed by atoms with van der Waals surface area (Å²) < 4.78 is 28.6. The van der Waals surface area contributed by atoms with E-state index in [0.717, 1.165) is 4.47 Å². The quantitative estimate of drug-likeness (QED) is 0.772. The van der Waals surface area contributed by atoms with Crippen LogP contribution in [0.4, 0.5) is 0 Å². The van der Waals surface area contributed by atoms with Crippen molar-refractivity contribution in [2.75, 3.05) is 0 Å². The van der Waals surface area contributed by atoms with Crippen molar-refractivity contribution in [1.82, 2.24) is 0 Å². The molecular weight excluding hydrogens is 268 g/mol. The van der Waals surface area contributed by atoms with E-state index in [4.69, 9.17) is 8.85 Å². The Bertz CT molecular complexity index is 464. The summed E-state index contributed by atoms with van der Waals surface area (Å²) in [6, 6.07) is 6.71. The molecule has 1 aromatic rings. The molecular formula is C13H17BrO2. The van der Waals surface area contributed by atoms with Crippen molar-refractivity contribution in [3.05, 3.63) is 34.3 Å². The summed E-state index contributed by atoms with van der Waals surface area (Å²) in [5, 5.41) is 0. The Kier molecular flexibility index (Phi) is 2.88. The fourth-order valence-corrected chi connectivity index (χ4v) is 1.60. The maximum Gasteiger partial charge on any atom is 0.313 e. The first-order chi connectivity index (χ1) is 8.50. The van der Waals surface area contributed by atoms with Crippen molar-refractivity contribution < 1.29 is 13.6 Å². The standard InChI is InChI=1S/C13H17BrO2/c1-9(12(15)16-13(2,3)4)10-6-5-7-11(14)8-10/h5-9H,1-4H3/i1D3. The van der Waals surface area contributed by atoms with Crippen LogP contribution in [-0.2, 0) is 9.53 Å². The summed E-state index contributed by atoms with van der Waals surface area (Å²) in [4.78, 5) is 12.1. The van der Waals surface area contributed by atoms with E-state index in [2.05, 4.69) is 15.9 Å². The van der Waals surface area contributed by atoms with Crippen LogP contribution in [-0.4, -0.2) is 11.6 Å². The molecule has 2 nitrogen and oxygen atoms in total. The summed E-state index contributed by atoms with van der Waals surface area (Å²) in [5.41, 5.74) is -0.296. The maximum atomic E-state index is 12.1. The first-order valence-corrected chi connectivity index (χ1v) is 5.78.